The van der Waals surface area contributed by atoms with Crippen LogP contribution in [0.4, 0.5) is 5.69 Å². The molecule has 1 fully saturated rings. The third-order valence-corrected chi connectivity index (χ3v) is 7.17. The first kappa shape index (κ1) is 22.1. The van der Waals surface area contributed by atoms with Crippen LogP contribution in [0.25, 0.3) is 0 Å². The van der Waals surface area contributed by atoms with Crippen LogP contribution < -0.4 is 14.8 Å². The molecule has 2 aliphatic rings. The highest BCUT2D eigenvalue weighted by atomic mass is 32.2. The Labute approximate surface area is 186 Å². The average Bonchev–Trinajstić information content (AvgIpc) is 2.83. The zero-order valence-electron chi connectivity index (χ0n) is 17.4. The van der Waals surface area contributed by atoms with Crippen molar-refractivity contribution in [3.63, 3.8) is 0 Å². The number of carbonyl (C=O) groups is 2. The van der Waals surface area contributed by atoms with Crippen molar-refractivity contribution < 1.29 is 32.2 Å². The zero-order chi connectivity index (χ0) is 22.6. The van der Waals surface area contributed by atoms with Crippen LogP contribution in [0.15, 0.2) is 53.4 Å². The Bertz CT molecular complexity index is 1090. The number of sulfonamides is 1. The van der Waals surface area contributed by atoms with Crippen LogP contribution in [0, 0.1) is 0 Å². The standard InChI is InChI=1S/C22H24N2O7S/c25-21(23-16-9-10-19-20(14-16)30-13-12-29-19)15-31-22(26)18-8-4-5-11-24(18)32(27,28)17-6-2-1-3-7-17/h1-3,6-7,9-10,14,18H,4-5,8,11-13,15H2,(H,23,25). The number of piperidine rings is 1. The minimum Gasteiger partial charge on any atom is -0.486 e. The van der Waals surface area contributed by atoms with Crippen molar-refractivity contribution in [2.45, 2.75) is 30.2 Å². The molecule has 0 radical (unpaired) electrons. The van der Waals surface area contributed by atoms with E-state index in [1.54, 1.807) is 36.4 Å². The fourth-order valence-corrected chi connectivity index (χ4v) is 5.37. The molecule has 1 amide bonds. The number of amides is 1. The monoisotopic (exact) mass is 460 g/mol. The van der Waals surface area contributed by atoms with Gasteiger partial charge < -0.3 is 19.5 Å². The smallest absolute Gasteiger partial charge is 0.324 e. The lowest BCUT2D eigenvalue weighted by Gasteiger charge is -2.32. The third kappa shape index (κ3) is 4.86. The Morgan fingerprint density at radius 3 is 2.56 bits per heavy atom. The molecule has 32 heavy (non-hydrogen) atoms. The van der Waals surface area contributed by atoms with Crippen LogP contribution in [-0.2, 0) is 24.3 Å². The van der Waals surface area contributed by atoms with Gasteiger partial charge in [-0.1, -0.05) is 18.2 Å². The van der Waals surface area contributed by atoms with Crippen molar-refractivity contribution in [1.82, 2.24) is 4.31 Å². The summed E-state index contributed by atoms with van der Waals surface area (Å²) in [6.07, 6.45) is 1.69. The van der Waals surface area contributed by atoms with E-state index in [4.69, 9.17) is 14.2 Å². The van der Waals surface area contributed by atoms with Gasteiger partial charge in [0.1, 0.15) is 19.3 Å². The highest BCUT2D eigenvalue weighted by molar-refractivity contribution is 7.89. The Morgan fingerprint density at radius 1 is 1.03 bits per heavy atom. The van der Waals surface area contributed by atoms with E-state index in [1.165, 1.54) is 16.4 Å². The molecule has 0 saturated carbocycles. The molecule has 1 unspecified atom stereocenters. The molecule has 1 N–H and O–H groups in total. The lowest BCUT2D eigenvalue weighted by molar-refractivity contribution is -0.152. The zero-order valence-corrected chi connectivity index (χ0v) is 18.2. The molecule has 4 rings (SSSR count). The van der Waals surface area contributed by atoms with Gasteiger partial charge in [-0.05, 0) is 43.5 Å². The van der Waals surface area contributed by atoms with Gasteiger partial charge in [0.05, 0.1) is 4.90 Å². The summed E-state index contributed by atoms with van der Waals surface area (Å²) in [5.41, 5.74) is 0.473. The number of carbonyl (C=O) groups excluding carboxylic acids is 2. The summed E-state index contributed by atoms with van der Waals surface area (Å²) in [5, 5.41) is 2.63. The number of hydrogen-bond acceptors (Lipinski definition) is 7. The van der Waals surface area contributed by atoms with Gasteiger partial charge in [-0.25, -0.2) is 8.42 Å². The summed E-state index contributed by atoms with van der Waals surface area (Å²) >= 11 is 0. The predicted molar refractivity (Wildman–Crippen MR) is 115 cm³/mol. The maximum atomic E-state index is 13.0. The first-order chi connectivity index (χ1) is 15.4. The second-order valence-corrected chi connectivity index (χ2v) is 9.35. The minimum absolute atomic E-state index is 0.121. The molecule has 0 aromatic heterocycles. The highest BCUT2D eigenvalue weighted by Crippen LogP contribution is 2.32. The SMILES string of the molecule is O=C(COC(=O)C1CCCCN1S(=O)(=O)c1ccccc1)Nc1ccc2c(c1)OCCO2. The summed E-state index contributed by atoms with van der Waals surface area (Å²) in [5.74, 6) is -0.155. The molecular weight excluding hydrogens is 436 g/mol. The molecule has 0 bridgehead atoms. The molecule has 0 spiro atoms. The first-order valence-electron chi connectivity index (χ1n) is 10.4. The number of nitrogens with one attached hydrogen (secondary N) is 1. The van der Waals surface area contributed by atoms with E-state index >= 15 is 0 Å². The number of rotatable bonds is 6. The molecule has 9 nitrogen and oxygen atoms in total. The van der Waals surface area contributed by atoms with Crippen LogP contribution in [-0.4, -0.2) is 57.0 Å². The predicted octanol–water partition coefficient (Wildman–Crippen LogP) is 2.18. The maximum absolute atomic E-state index is 13.0. The fourth-order valence-electron chi connectivity index (χ4n) is 3.71. The lowest BCUT2D eigenvalue weighted by atomic mass is 10.1. The van der Waals surface area contributed by atoms with E-state index < -0.39 is 34.5 Å². The van der Waals surface area contributed by atoms with Gasteiger partial charge in [0.2, 0.25) is 10.0 Å². The van der Waals surface area contributed by atoms with Gasteiger partial charge in [0.25, 0.3) is 5.91 Å². The largest absolute Gasteiger partial charge is 0.486 e. The van der Waals surface area contributed by atoms with Crippen LogP contribution in [0.5, 0.6) is 11.5 Å². The van der Waals surface area contributed by atoms with Crippen molar-refractivity contribution in [2.75, 3.05) is 31.7 Å². The number of anilines is 1. The molecule has 1 atom stereocenters. The summed E-state index contributed by atoms with van der Waals surface area (Å²) in [7, 11) is -3.85. The van der Waals surface area contributed by atoms with Crippen LogP contribution in [0.2, 0.25) is 0 Å². The number of esters is 1. The maximum Gasteiger partial charge on any atom is 0.324 e. The quantitative estimate of drug-likeness (QED) is 0.658. The molecule has 10 heteroatoms. The van der Waals surface area contributed by atoms with Crippen molar-refractivity contribution in [3.05, 3.63) is 48.5 Å². The van der Waals surface area contributed by atoms with Gasteiger partial charge in [-0.3, -0.25) is 9.59 Å². The van der Waals surface area contributed by atoms with Gasteiger partial charge in [-0.15, -0.1) is 0 Å². The molecule has 1 saturated heterocycles. The fraction of sp³-hybridized carbons (Fsp3) is 0.364. The molecule has 2 aliphatic heterocycles. The molecule has 2 heterocycles. The van der Waals surface area contributed by atoms with E-state index in [9.17, 15) is 18.0 Å². The number of ether oxygens (including phenoxy) is 3. The van der Waals surface area contributed by atoms with E-state index in [-0.39, 0.29) is 11.4 Å². The van der Waals surface area contributed by atoms with E-state index in [2.05, 4.69) is 5.32 Å². The topological polar surface area (TPSA) is 111 Å². The molecular formula is C22H24N2O7S. The van der Waals surface area contributed by atoms with E-state index in [1.807, 2.05) is 0 Å². The summed E-state index contributed by atoms with van der Waals surface area (Å²) < 4.78 is 43.3. The van der Waals surface area contributed by atoms with Crippen LogP contribution in [0.3, 0.4) is 0 Å². The van der Waals surface area contributed by atoms with Crippen molar-refractivity contribution >= 4 is 27.6 Å². The number of hydrogen-bond donors (Lipinski definition) is 1. The normalized spacial score (nSPS) is 18.6. The average molecular weight is 461 g/mol. The van der Waals surface area contributed by atoms with Gasteiger partial charge in [0.15, 0.2) is 18.1 Å². The van der Waals surface area contributed by atoms with Gasteiger partial charge in [0, 0.05) is 18.3 Å². The highest BCUT2D eigenvalue weighted by Gasteiger charge is 2.38. The summed E-state index contributed by atoms with van der Waals surface area (Å²) in [6, 6.07) is 12.0. The third-order valence-electron chi connectivity index (χ3n) is 5.25. The number of fused-ring (bicyclic) bond motifs is 1. The van der Waals surface area contributed by atoms with Crippen molar-refractivity contribution in [1.29, 1.82) is 0 Å². The van der Waals surface area contributed by atoms with Gasteiger partial charge >= 0.3 is 5.97 Å². The number of nitrogens with zero attached hydrogens (tertiary/aromatic N) is 1. The van der Waals surface area contributed by atoms with E-state index in [0.29, 0.717) is 49.7 Å². The Balaban J connectivity index is 1.37. The Hall–Kier alpha value is -3.11. The minimum atomic E-state index is -3.85. The first-order valence-corrected chi connectivity index (χ1v) is 11.8. The Kier molecular flexibility index (Phi) is 6.61. The molecule has 170 valence electrons. The second-order valence-electron chi connectivity index (χ2n) is 7.45. The molecule has 2 aromatic carbocycles. The lowest BCUT2D eigenvalue weighted by Crippen LogP contribution is -2.48. The summed E-state index contributed by atoms with van der Waals surface area (Å²) in [4.78, 5) is 25.1. The van der Waals surface area contributed by atoms with E-state index in [0.717, 1.165) is 0 Å². The van der Waals surface area contributed by atoms with Crippen LogP contribution in [0.1, 0.15) is 19.3 Å². The van der Waals surface area contributed by atoms with Crippen molar-refractivity contribution in [3.8, 4) is 11.5 Å². The summed E-state index contributed by atoms with van der Waals surface area (Å²) in [6.45, 7) is 0.585. The molecule has 0 aliphatic carbocycles. The molecule has 2 aromatic rings. The Morgan fingerprint density at radius 2 is 1.78 bits per heavy atom. The van der Waals surface area contributed by atoms with Crippen molar-refractivity contribution in [2.24, 2.45) is 0 Å². The second kappa shape index (κ2) is 9.58. The van der Waals surface area contributed by atoms with Gasteiger partial charge in [-0.2, -0.15) is 4.31 Å². The number of benzene rings is 2. The van der Waals surface area contributed by atoms with Crippen LogP contribution >= 0.6 is 0 Å².